The van der Waals surface area contributed by atoms with Crippen LogP contribution in [0.2, 0.25) is 0 Å². The van der Waals surface area contributed by atoms with E-state index in [1.54, 1.807) is 5.48 Å². The molecule has 5 rings (SSSR count). The number of β-amino-alcohol motifs (C(OH)–C–C–N with tert-alkyl or cyclic N) is 1. The number of carbonyl (C=O) groups is 2. The molecule has 0 aromatic heterocycles. The number of benzene rings is 3. The van der Waals surface area contributed by atoms with Gasteiger partial charge in [0.1, 0.15) is 0 Å². The largest absolute Gasteiger partial charge is 0.392 e. The van der Waals surface area contributed by atoms with Gasteiger partial charge in [0.05, 0.1) is 24.9 Å². The molecule has 10 nitrogen and oxygen atoms in total. The Morgan fingerprint density at radius 2 is 1.60 bits per heavy atom. The van der Waals surface area contributed by atoms with Gasteiger partial charge in [-0.05, 0) is 59.2 Å². The number of hydrogen-bond donors (Lipinski definition) is 5. The third-order valence-electron chi connectivity index (χ3n) is 8.42. The average molecular weight is 618 g/mol. The Kier molecular flexibility index (Phi) is 11.7. The lowest BCUT2D eigenvalue weighted by atomic mass is 9.98. The number of nitrogens with zero attached hydrogens (tertiary/aromatic N) is 1. The number of carbonyl (C=O) groups excluding carboxylic acids is 2. The molecular formula is C35H43N3O7. The van der Waals surface area contributed by atoms with Crippen LogP contribution < -0.4 is 10.8 Å². The molecule has 2 aliphatic rings. The highest BCUT2D eigenvalue weighted by Crippen LogP contribution is 2.39. The van der Waals surface area contributed by atoms with Crippen LogP contribution in [0.5, 0.6) is 0 Å². The zero-order chi connectivity index (χ0) is 31.6. The van der Waals surface area contributed by atoms with Crippen LogP contribution in [0.25, 0.3) is 11.1 Å². The van der Waals surface area contributed by atoms with Crippen molar-refractivity contribution in [3.63, 3.8) is 0 Å². The second-order valence-electron chi connectivity index (χ2n) is 11.9. The summed E-state index contributed by atoms with van der Waals surface area (Å²) in [6, 6.07) is 24.0. The summed E-state index contributed by atoms with van der Waals surface area (Å²) in [6.07, 6.45) is 1.90. The van der Waals surface area contributed by atoms with Crippen molar-refractivity contribution in [1.29, 1.82) is 0 Å². The lowest BCUT2D eigenvalue weighted by Gasteiger charge is -2.38. The highest BCUT2D eigenvalue weighted by molar-refractivity contribution is 5.76. The summed E-state index contributed by atoms with van der Waals surface area (Å²) in [7, 11) is 0. The first kappa shape index (κ1) is 32.7. The van der Waals surface area contributed by atoms with Crippen LogP contribution in [0, 0.1) is 0 Å². The maximum absolute atomic E-state index is 12.3. The summed E-state index contributed by atoms with van der Waals surface area (Å²) in [4.78, 5) is 25.7. The van der Waals surface area contributed by atoms with Crippen LogP contribution in [0.1, 0.15) is 73.2 Å². The predicted octanol–water partition coefficient (Wildman–Crippen LogP) is 4.14. The summed E-state index contributed by atoms with van der Waals surface area (Å²) in [5, 5.41) is 31.1. The van der Waals surface area contributed by atoms with Gasteiger partial charge in [0, 0.05) is 51.0 Å². The zero-order valence-electron chi connectivity index (χ0n) is 25.4. The third-order valence-corrected chi connectivity index (χ3v) is 8.42. The quantitative estimate of drug-likeness (QED) is 0.110. The van der Waals surface area contributed by atoms with Gasteiger partial charge < -0.3 is 25.0 Å². The fraction of sp³-hybridized carbons (Fsp3) is 0.429. The van der Waals surface area contributed by atoms with Crippen LogP contribution in [0.4, 0.5) is 0 Å². The molecule has 2 saturated heterocycles. The first-order valence-electron chi connectivity index (χ1n) is 15.7. The fourth-order valence-electron chi connectivity index (χ4n) is 5.94. The number of ether oxygens (including phenoxy) is 2. The SMILES string of the molecule is O=C(CCCCC(=O)NCc1cccc(-c2cccc([C@H]3O[C@@H](CN4CC[C@H](O)C4)C[C@@H](c4ccc(CO)cc4)O3)c2)c1)NO. The van der Waals surface area contributed by atoms with Gasteiger partial charge >= 0.3 is 0 Å². The molecule has 0 radical (unpaired) electrons. The van der Waals surface area contributed by atoms with Crippen molar-refractivity contribution in [1.82, 2.24) is 15.7 Å². The number of nitrogens with one attached hydrogen (secondary N) is 2. The minimum atomic E-state index is -0.579. The van der Waals surface area contributed by atoms with Crippen molar-refractivity contribution >= 4 is 11.8 Å². The Hall–Kier alpha value is -3.64. The van der Waals surface area contributed by atoms with Crippen LogP contribution >= 0.6 is 0 Å². The van der Waals surface area contributed by atoms with E-state index in [0.717, 1.165) is 46.3 Å². The molecule has 0 saturated carbocycles. The molecule has 5 N–H and O–H groups in total. The standard InChI is InChI=1S/C35H43N3O7/c39-23-24-11-13-26(14-12-24)32-19-31(22-38-16-15-30(40)21-38)44-35(45-32)29-8-4-7-28(18-29)27-6-3-5-25(17-27)20-36-33(41)9-1-2-10-34(42)37-43/h3-8,11-14,17-18,30-32,35,39-40,43H,1-2,9-10,15-16,19-23H2,(H,36,41)(H,37,42)/t30-,31+,32-,35-/m0/s1. The number of hydrogen-bond acceptors (Lipinski definition) is 8. The van der Waals surface area contributed by atoms with Crippen molar-refractivity contribution in [3.05, 3.63) is 95.1 Å². The minimum Gasteiger partial charge on any atom is -0.392 e. The van der Waals surface area contributed by atoms with Crippen LogP contribution in [-0.4, -0.2) is 64.0 Å². The van der Waals surface area contributed by atoms with Gasteiger partial charge in [-0.1, -0.05) is 60.7 Å². The van der Waals surface area contributed by atoms with E-state index >= 15 is 0 Å². The van der Waals surface area contributed by atoms with Gasteiger partial charge in [-0.25, -0.2) is 5.48 Å². The van der Waals surface area contributed by atoms with E-state index in [4.69, 9.17) is 14.7 Å². The third kappa shape index (κ3) is 9.43. The molecule has 2 aliphatic heterocycles. The van der Waals surface area contributed by atoms with Crippen LogP contribution in [0.3, 0.4) is 0 Å². The first-order chi connectivity index (χ1) is 21.9. The van der Waals surface area contributed by atoms with Crippen molar-refractivity contribution in [3.8, 4) is 11.1 Å². The van der Waals surface area contributed by atoms with Crippen molar-refractivity contribution < 1.29 is 34.5 Å². The van der Waals surface area contributed by atoms with Gasteiger partial charge in [-0.15, -0.1) is 0 Å². The fourth-order valence-corrected chi connectivity index (χ4v) is 5.94. The molecule has 0 aliphatic carbocycles. The van der Waals surface area contributed by atoms with Gasteiger partial charge in [-0.3, -0.25) is 19.7 Å². The van der Waals surface area contributed by atoms with E-state index in [1.807, 2.05) is 60.7 Å². The molecule has 4 atom stereocenters. The van der Waals surface area contributed by atoms with E-state index in [2.05, 4.69) is 22.3 Å². The number of amides is 2. The molecule has 2 amide bonds. The molecule has 0 unspecified atom stereocenters. The number of hydroxylamine groups is 1. The Balaban J connectivity index is 1.26. The number of aliphatic hydroxyl groups excluding tert-OH is 2. The molecule has 45 heavy (non-hydrogen) atoms. The zero-order valence-corrected chi connectivity index (χ0v) is 25.4. The molecule has 240 valence electrons. The van der Waals surface area contributed by atoms with E-state index in [0.29, 0.717) is 45.3 Å². The highest BCUT2D eigenvalue weighted by atomic mass is 16.7. The summed E-state index contributed by atoms with van der Waals surface area (Å²) >= 11 is 0. The van der Waals surface area contributed by atoms with E-state index in [-0.39, 0.29) is 37.2 Å². The summed E-state index contributed by atoms with van der Waals surface area (Å²) in [6.45, 7) is 2.59. The normalized spacial score (nSPS) is 21.8. The van der Waals surface area contributed by atoms with E-state index in [9.17, 15) is 19.8 Å². The Bertz CT molecular complexity index is 1420. The topological polar surface area (TPSA) is 141 Å². The van der Waals surface area contributed by atoms with Crippen LogP contribution in [0.15, 0.2) is 72.8 Å². The van der Waals surface area contributed by atoms with Crippen molar-refractivity contribution in [2.75, 3.05) is 19.6 Å². The average Bonchev–Trinajstić information content (AvgIpc) is 3.49. The maximum atomic E-state index is 12.3. The number of unbranched alkanes of at least 4 members (excludes halogenated alkanes) is 1. The molecule has 3 aromatic carbocycles. The van der Waals surface area contributed by atoms with Gasteiger partial charge in [-0.2, -0.15) is 0 Å². The van der Waals surface area contributed by atoms with E-state index < -0.39 is 12.2 Å². The minimum absolute atomic E-state index is 0.00872. The Morgan fingerprint density at radius 1 is 0.867 bits per heavy atom. The lowest BCUT2D eigenvalue weighted by Crippen LogP contribution is -2.38. The summed E-state index contributed by atoms with van der Waals surface area (Å²) in [5.41, 5.74) is 7.37. The van der Waals surface area contributed by atoms with Crippen molar-refractivity contribution in [2.24, 2.45) is 0 Å². The Labute approximate surface area is 263 Å². The van der Waals surface area contributed by atoms with Crippen LogP contribution in [-0.2, 0) is 32.2 Å². The van der Waals surface area contributed by atoms with Gasteiger partial charge in [0.15, 0.2) is 6.29 Å². The second kappa shape index (κ2) is 16.1. The van der Waals surface area contributed by atoms with E-state index in [1.165, 1.54) is 0 Å². The number of likely N-dealkylation sites (tertiary alicyclic amines) is 1. The molecule has 2 heterocycles. The number of rotatable bonds is 13. The second-order valence-corrected chi connectivity index (χ2v) is 11.9. The van der Waals surface area contributed by atoms with Gasteiger partial charge in [0.2, 0.25) is 11.8 Å². The number of aliphatic hydroxyl groups is 2. The first-order valence-corrected chi connectivity index (χ1v) is 15.7. The summed E-state index contributed by atoms with van der Waals surface area (Å²) in [5.74, 6) is -0.536. The molecule has 10 heteroatoms. The Morgan fingerprint density at radius 3 is 2.31 bits per heavy atom. The molecule has 3 aromatic rings. The molecule has 0 bridgehead atoms. The van der Waals surface area contributed by atoms with Gasteiger partial charge in [0.25, 0.3) is 0 Å². The molecule has 0 spiro atoms. The van der Waals surface area contributed by atoms with Crippen molar-refractivity contribution in [2.45, 2.75) is 76.3 Å². The monoisotopic (exact) mass is 617 g/mol. The summed E-state index contributed by atoms with van der Waals surface area (Å²) < 4.78 is 13.1. The lowest BCUT2D eigenvalue weighted by molar-refractivity contribution is -0.252. The highest BCUT2D eigenvalue weighted by Gasteiger charge is 2.34. The molecular weight excluding hydrogens is 574 g/mol. The molecule has 2 fully saturated rings. The smallest absolute Gasteiger partial charge is 0.243 e. The maximum Gasteiger partial charge on any atom is 0.243 e. The predicted molar refractivity (Wildman–Crippen MR) is 168 cm³/mol.